The Morgan fingerprint density at radius 1 is 1.12 bits per heavy atom. The highest BCUT2D eigenvalue weighted by Gasteiger charge is 2.19. The largest absolute Gasteiger partial charge is 0.452 e. The summed E-state index contributed by atoms with van der Waals surface area (Å²) in [5.41, 5.74) is -0.402. The number of nitriles is 1. The number of amides is 1. The number of benzene rings is 2. The van der Waals surface area contributed by atoms with Gasteiger partial charge in [-0.1, -0.05) is 18.2 Å². The number of nitrogens with zero attached hydrogens (tertiary/aromatic N) is 1. The molecule has 8 heteroatoms. The van der Waals surface area contributed by atoms with Gasteiger partial charge in [-0.15, -0.1) is 11.8 Å². The predicted molar refractivity (Wildman–Crippen MR) is 88.0 cm³/mol. The lowest BCUT2D eigenvalue weighted by atomic mass is 10.2. The molecule has 0 radical (unpaired) electrons. The Kier molecular flexibility index (Phi) is 6.48. The highest BCUT2D eigenvalue weighted by molar-refractivity contribution is 7.99. The molecule has 0 bridgehead atoms. The van der Waals surface area contributed by atoms with E-state index in [4.69, 9.17) is 5.26 Å². The standard InChI is InChI=1S/C17H12F2N2O3S/c18-11-4-3-5-12(19)16(11)17(23)24-10-15(22)21-13-6-1-2-7-14(13)25-9-8-20/h1-7H,9-10H2,(H,21,22). The van der Waals surface area contributed by atoms with Crippen LogP contribution in [0.25, 0.3) is 0 Å². The van der Waals surface area contributed by atoms with Gasteiger partial charge in [0.05, 0.1) is 17.5 Å². The third kappa shape index (κ3) is 5.02. The molecule has 0 heterocycles. The Morgan fingerprint density at radius 3 is 2.48 bits per heavy atom. The summed E-state index contributed by atoms with van der Waals surface area (Å²) in [5, 5.41) is 11.1. The molecule has 0 aliphatic heterocycles. The van der Waals surface area contributed by atoms with Crippen molar-refractivity contribution in [2.24, 2.45) is 0 Å². The van der Waals surface area contributed by atoms with Crippen LogP contribution in [-0.2, 0) is 9.53 Å². The van der Waals surface area contributed by atoms with Crippen LogP contribution >= 0.6 is 11.8 Å². The van der Waals surface area contributed by atoms with Crippen molar-refractivity contribution in [1.82, 2.24) is 0 Å². The molecular weight excluding hydrogens is 350 g/mol. The SMILES string of the molecule is N#CCSc1ccccc1NC(=O)COC(=O)c1c(F)cccc1F. The summed E-state index contributed by atoms with van der Waals surface area (Å²) >= 11 is 1.23. The number of carbonyl (C=O) groups excluding carboxylic acids is 2. The van der Waals surface area contributed by atoms with E-state index in [2.05, 4.69) is 10.1 Å². The molecule has 0 fully saturated rings. The van der Waals surface area contributed by atoms with Crippen molar-refractivity contribution in [3.63, 3.8) is 0 Å². The molecule has 0 saturated carbocycles. The van der Waals surface area contributed by atoms with Crippen molar-refractivity contribution < 1.29 is 23.1 Å². The Hall–Kier alpha value is -2.92. The summed E-state index contributed by atoms with van der Waals surface area (Å²) in [6, 6.07) is 11.7. The topological polar surface area (TPSA) is 79.2 Å². The average molecular weight is 362 g/mol. The number of para-hydroxylation sites is 1. The van der Waals surface area contributed by atoms with E-state index >= 15 is 0 Å². The van der Waals surface area contributed by atoms with Crippen molar-refractivity contribution in [3.8, 4) is 6.07 Å². The first-order chi connectivity index (χ1) is 12.0. The average Bonchev–Trinajstić information content (AvgIpc) is 2.59. The van der Waals surface area contributed by atoms with Crippen LogP contribution in [0.5, 0.6) is 0 Å². The number of hydrogen-bond donors (Lipinski definition) is 1. The van der Waals surface area contributed by atoms with E-state index in [1.54, 1.807) is 24.3 Å². The van der Waals surface area contributed by atoms with E-state index in [1.807, 2.05) is 6.07 Å². The van der Waals surface area contributed by atoms with Crippen molar-refractivity contribution >= 4 is 29.3 Å². The van der Waals surface area contributed by atoms with Crippen molar-refractivity contribution in [2.75, 3.05) is 17.7 Å². The summed E-state index contributed by atoms with van der Waals surface area (Å²) in [5.74, 6) is -3.87. The third-order valence-electron chi connectivity index (χ3n) is 2.95. The molecule has 25 heavy (non-hydrogen) atoms. The molecule has 1 N–H and O–H groups in total. The van der Waals surface area contributed by atoms with Crippen molar-refractivity contribution in [3.05, 3.63) is 59.7 Å². The number of anilines is 1. The Morgan fingerprint density at radius 2 is 1.80 bits per heavy atom. The number of ether oxygens (including phenoxy) is 1. The van der Waals surface area contributed by atoms with Gasteiger partial charge in [-0.05, 0) is 24.3 Å². The number of nitrogens with one attached hydrogen (secondary N) is 1. The normalized spacial score (nSPS) is 9.96. The number of rotatable bonds is 6. The molecule has 2 aromatic carbocycles. The molecular formula is C17H12F2N2O3S. The first kappa shape index (κ1) is 18.4. The Bertz CT molecular complexity index is 817. The molecule has 0 unspecified atom stereocenters. The second-order valence-electron chi connectivity index (χ2n) is 4.66. The van der Waals surface area contributed by atoms with Gasteiger partial charge in [0.25, 0.3) is 5.91 Å². The van der Waals surface area contributed by atoms with Crippen LogP contribution in [0.15, 0.2) is 47.4 Å². The lowest BCUT2D eigenvalue weighted by Crippen LogP contribution is -2.22. The van der Waals surface area contributed by atoms with Gasteiger partial charge >= 0.3 is 5.97 Å². The summed E-state index contributed by atoms with van der Waals surface area (Å²) in [4.78, 5) is 24.3. The van der Waals surface area contributed by atoms with Crippen LogP contribution in [0.2, 0.25) is 0 Å². The molecule has 0 aliphatic rings. The van der Waals surface area contributed by atoms with E-state index in [-0.39, 0.29) is 5.75 Å². The molecule has 0 spiro atoms. The van der Waals surface area contributed by atoms with Gasteiger partial charge in [-0.2, -0.15) is 5.26 Å². The monoisotopic (exact) mass is 362 g/mol. The zero-order chi connectivity index (χ0) is 18.2. The van der Waals surface area contributed by atoms with Crippen LogP contribution in [-0.4, -0.2) is 24.2 Å². The maximum Gasteiger partial charge on any atom is 0.344 e. The van der Waals surface area contributed by atoms with E-state index in [0.29, 0.717) is 10.6 Å². The number of hydrogen-bond acceptors (Lipinski definition) is 5. The van der Waals surface area contributed by atoms with Gasteiger partial charge in [0.2, 0.25) is 0 Å². The smallest absolute Gasteiger partial charge is 0.344 e. The van der Waals surface area contributed by atoms with Crippen LogP contribution in [0.1, 0.15) is 10.4 Å². The zero-order valence-electron chi connectivity index (χ0n) is 12.8. The lowest BCUT2D eigenvalue weighted by molar-refractivity contribution is -0.119. The fourth-order valence-electron chi connectivity index (χ4n) is 1.89. The van der Waals surface area contributed by atoms with Gasteiger partial charge in [-0.3, -0.25) is 4.79 Å². The molecule has 128 valence electrons. The van der Waals surface area contributed by atoms with Crippen LogP contribution in [0.4, 0.5) is 14.5 Å². The number of halogens is 2. The molecule has 0 aliphatic carbocycles. The Balaban J connectivity index is 1.98. The fourth-order valence-corrected chi connectivity index (χ4v) is 2.56. The molecule has 0 atom stereocenters. The predicted octanol–water partition coefficient (Wildman–Crippen LogP) is 3.38. The van der Waals surface area contributed by atoms with Gasteiger partial charge in [0.15, 0.2) is 6.61 Å². The van der Waals surface area contributed by atoms with Crippen molar-refractivity contribution in [2.45, 2.75) is 4.90 Å². The van der Waals surface area contributed by atoms with Crippen molar-refractivity contribution in [1.29, 1.82) is 5.26 Å². The quantitative estimate of drug-likeness (QED) is 0.630. The minimum absolute atomic E-state index is 0.203. The minimum Gasteiger partial charge on any atom is -0.452 e. The van der Waals surface area contributed by atoms with Gasteiger partial charge in [0, 0.05) is 4.90 Å². The lowest BCUT2D eigenvalue weighted by Gasteiger charge is -2.10. The first-order valence-corrected chi connectivity index (χ1v) is 8.01. The van der Waals surface area contributed by atoms with Crippen LogP contribution in [0.3, 0.4) is 0 Å². The maximum atomic E-state index is 13.5. The highest BCUT2D eigenvalue weighted by atomic mass is 32.2. The number of esters is 1. The fraction of sp³-hybridized carbons (Fsp3) is 0.118. The van der Waals surface area contributed by atoms with Gasteiger partial charge in [-0.25, -0.2) is 13.6 Å². The van der Waals surface area contributed by atoms with E-state index in [0.717, 1.165) is 18.2 Å². The highest BCUT2D eigenvalue weighted by Crippen LogP contribution is 2.26. The Labute approximate surface area is 146 Å². The van der Waals surface area contributed by atoms with E-state index < -0.39 is 35.7 Å². The number of thioether (sulfide) groups is 1. The minimum atomic E-state index is -1.27. The summed E-state index contributed by atoms with van der Waals surface area (Å²) in [6.07, 6.45) is 0. The molecule has 5 nitrogen and oxygen atoms in total. The molecule has 2 aromatic rings. The third-order valence-corrected chi connectivity index (χ3v) is 3.90. The second kappa shape index (κ2) is 8.80. The number of carbonyl (C=O) groups is 2. The summed E-state index contributed by atoms with van der Waals surface area (Å²) in [6.45, 7) is -0.705. The second-order valence-corrected chi connectivity index (χ2v) is 5.68. The summed E-state index contributed by atoms with van der Waals surface area (Å²) < 4.78 is 31.6. The van der Waals surface area contributed by atoms with E-state index in [1.165, 1.54) is 11.8 Å². The summed E-state index contributed by atoms with van der Waals surface area (Å²) in [7, 11) is 0. The molecule has 1 amide bonds. The van der Waals surface area contributed by atoms with Crippen LogP contribution in [0, 0.1) is 23.0 Å². The van der Waals surface area contributed by atoms with E-state index in [9.17, 15) is 18.4 Å². The van der Waals surface area contributed by atoms with Gasteiger partial charge < -0.3 is 10.1 Å². The molecule has 0 saturated heterocycles. The molecule has 0 aromatic heterocycles. The van der Waals surface area contributed by atoms with Crippen LogP contribution < -0.4 is 5.32 Å². The zero-order valence-corrected chi connectivity index (χ0v) is 13.6. The molecule has 2 rings (SSSR count). The first-order valence-electron chi connectivity index (χ1n) is 7.02. The van der Waals surface area contributed by atoms with Gasteiger partial charge in [0.1, 0.15) is 17.2 Å². The maximum absolute atomic E-state index is 13.5.